The molecular weight excluding hydrogens is 252 g/mol. The minimum Gasteiger partial charge on any atom is -0.388 e. The lowest BCUT2D eigenvalue weighted by Crippen LogP contribution is -2.51. The van der Waals surface area contributed by atoms with E-state index in [4.69, 9.17) is 0 Å². The summed E-state index contributed by atoms with van der Waals surface area (Å²) in [5, 5.41) is 13.3. The Morgan fingerprint density at radius 3 is 2.30 bits per heavy atom. The number of rotatable bonds is 6. The summed E-state index contributed by atoms with van der Waals surface area (Å²) in [4.78, 5) is 14.5. The van der Waals surface area contributed by atoms with E-state index in [1.165, 1.54) is 25.7 Å². The van der Waals surface area contributed by atoms with Crippen LogP contribution in [0.5, 0.6) is 0 Å². The second-order valence-electron chi connectivity index (χ2n) is 6.51. The van der Waals surface area contributed by atoms with Gasteiger partial charge in [-0.2, -0.15) is 0 Å². The molecule has 0 aromatic rings. The zero-order valence-corrected chi connectivity index (χ0v) is 13.6. The molecule has 1 aliphatic rings. The molecule has 2 N–H and O–H groups in total. The van der Waals surface area contributed by atoms with Crippen LogP contribution < -0.4 is 5.32 Å². The van der Waals surface area contributed by atoms with Gasteiger partial charge in [0.1, 0.15) is 0 Å². The van der Waals surface area contributed by atoms with Gasteiger partial charge < -0.3 is 10.4 Å². The summed E-state index contributed by atoms with van der Waals surface area (Å²) >= 11 is 0. The third-order valence-electron chi connectivity index (χ3n) is 4.86. The fourth-order valence-corrected chi connectivity index (χ4v) is 2.68. The van der Waals surface area contributed by atoms with Crippen molar-refractivity contribution in [3.63, 3.8) is 0 Å². The van der Waals surface area contributed by atoms with Crippen molar-refractivity contribution in [1.29, 1.82) is 0 Å². The predicted octanol–water partition coefficient (Wildman–Crippen LogP) is 2.16. The zero-order chi connectivity index (χ0) is 15.2. The maximum atomic E-state index is 12.2. The Kier molecular flexibility index (Phi) is 6.96. The Hall–Kier alpha value is -0.610. The average molecular weight is 284 g/mol. The van der Waals surface area contributed by atoms with Crippen molar-refractivity contribution in [2.75, 3.05) is 19.6 Å². The Labute approximate surface area is 123 Å². The van der Waals surface area contributed by atoms with Gasteiger partial charge in [-0.25, -0.2) is 0 Å². The molecule has 1 saturated heterocycles. The lowest BCUT2D eigenvalue weighted by atomic mass is 9.88. The fourth-order valence-electron chi connectivity index (χ4n) is 2.68. The van der Waals surface area contributed by atoms with E-state index >= 15 is 0 Å². The van der Waals surface area contributed by atoms with E-state index < -0.39 is 5.60 Å². The van der Waals surface area contributed by atoms with Crippen molar-refractivity contribution in [1.82, 2.24) is 10.2 Å². The molecule has 1 aliphatic heterocycles. The van der Waals surface area contributed by atoms with E-state index in [1.54, 1.807) is 6.92 Å². The molecule has 1 heterocycles. The molecule has 1 rings (SSSR count). The molecule has 3 atom stereocenters. The molecule has 0 bridgehead atoms. The molecule has 0 radical (unpaired) electrons. The van der Waals surface area contributed by atoms with Crippen molar-refractivity contribution < 1.29 is 9.90 Å². The smallest absolute Gasteiger partial charge is 0.237 e. The van der Waals surface area contributed by atoms with Gasteiger partial charge in [0.2, 0.25) is 5.91 Å². The largest absolute Gasteiger partial charge is 0.388 e. The Bertz CT molecular complexity index is 297. The highest BCUT2D eigenvalue weighted by Crippen LogP contribution is 2.19. The molecule has 0 spiro atoms. The quantitative estimate of drug-likeness (QED) is 0.786. The van der Waals surface area contributed by atoms with Gasteiger partial charge in [0.25, 0.3) is 0 Å². The van der Waals surface area contributed by atoms with Crippen LogP contribution in [0, 0.1) is 5.92 Å². The van der Waals surface area contributed by atoms with Gasteiger partial charge in [0.05, 0.1) is 11.6 Å². The minimum atomic E-state index is -0.830. The van der Waals surface area contributed by atoms with Crippen molar-refractivity contribution in [2.24, 2.45) is 5.92 Å². The molecule has 3 unspecified atom stereocenters. The molecule has 1 amide bonds. The van der Waals surface area contributed by atoms with Crippen molar-refractivity contribution >= 4 is 5.91 Å². The van der Waals surface area contributed by atoms with Crippen LogP contribution in [0.25, 0.3) is 0 Å². The molecule has 0 saturated carbocycles. The molecule has 4 nitrogen and oxygen atoms in total. The highest BCUT2D eigenvalue weighted by atomic mass is 16.3. The fraction of sp³-hybridized carbons (Fsp3) is 0.938. The molecule has 0 aromatic carbocycles. The van der Waals surface area contributed by atoms with Gasteiger partial charge >= 0.3 is 0 Å². The van der Waals surface area contributed by atoms with Gasteiger partial charge in [0.15, 0.2) is 0 Å². The molecular formula is C16H32N2O2. The summed E-state index contributed by atoms with van der Waals surface area (Å²) in [6, 6.07) is -0.0965. The maximum Gasteiger partial charge on any atom is 0.237 e. The molecule has 1 fully saturated rings. The van der Waals surface area contributed by atoms with Crippen molar-refractivity contribution in [3.8, 4) is 0 Å². The van der Waals surface area contributed by atoms with Crippen LogP contribution in [-0.2, 0) is 4.79 Å². The number of nitrogens with one attached hydrogen (secondary N) is 1. The predicted molar refractivity (Wildman–Crippen MR) is 82.6 cm³/mol. The van der Waals surface area contributed by atoms with Crippen LogP contribution in [0.3, 0.4) is 0 Å². The maximum absolute atomic E-state index is 12.2. The van der Waals surface area contributed by atoms with Crippen LogP contribution in [-0.4, -0.2) is 47.2 Å². The molecule has 4 heteroatoms. The van der Waals surface area contributed by atoms with Gasteiger partial charge in [-0.15, -0.1) is 0 Å². The number of hydrogen-bond acceptors (Lipinski definition) is 3. The van der Waals surface area contributed by atoms with Crippen molar-refractivity contribution in [2.45, 2.75) is 71.4 Å². The monoisotopic (exact) mass is 284 g/mol. The first kappa shape index (κ1) is 17.4. The first-order valence-electron chi connectivity index (χ1n) is 8.12. The highest BCUT2D eigenvalue weighted by molar-refractivity contribution is 5.81. The van der Waals surface area contributed by atoms with Crippen LogP contribution in [0.2, 0.25) is 0 Å². The molecule has 0 aliphatic carbocycles. The van der Waals surface area contributed by atoms with E-state index in [9.17, 15) is 9.90 Å². The standard InChI is InChI=1S/C16H32N2O2/c1-5-13(2)16(4,20)12-17-15(19)14(3)18-10-8-6-7-9-11-18/h13-14,20H,5-12H2,1-4H3,(H,17,19). The number of carbonyl (C=O) groups excluding carboxylic acids is 1. The van der Waals surface area contributed by atoms with E-state index in [0.717, 1.165) is 19.5 Å². The van der Waals surface area contributed by atoms with E-state index in [0.29, 0.717) is 6.54 Å². The lowest BCUT2D eigenvalue weighted by Gasteiger charge is -2.32. The summed E-state index contributed by atoms with van der Waals surface area (Å²) < 4.78 is 0. The minimum absolute atomic E-state index is 0.0375. The summed E-state index contributed by atoms with van der Waals surface area (Å²) in [6.07, 6.45) is 5.82. The van der Waals surface area contributed by atoms with Gasteiger partial charge in [-0.3, -0.25) is 9.69 Å². The van der Waals surface area contributed by atoms with E-state index in [2.05, 4.69) is 17.1 Å². The first-order valence-corrected chi connectivity index (χ1v) is 8.12. The molecule has 0 aromatic heterocycles. The number of nitrogens with zero attached hydrogens (tertiary/aromatic N) is 1. The Morgan fingerprint density at radius 2 is 1.80 bits per heavy atom. The number of hydrogen-bond donors (Lipinski definition) is 2. The van der Waals surface area contributed by atoms with Crippen molar-refractivity contribution in [3.05, 3.63) is 0 Å². The van der Waals surface area contributed by atoms with Gasteiger partial charge in [-0.05, 0) is 45.7 Å². The second kappa shape index (κ2) is 7.99. The third kappa shape index (κ3) is 5.06. The normalized spacial score (nSPS) is 23.4. The summed E-state index contributed by atoms with van der Waals surface area (Å²) in [5.41, 5.74) is -0.830. The third-order valence-corrected chi connectivity index (χ3v) is 4.86. The zero-order valence-electron chi connectivity index (χ0n) is 13.6. The molecule has 118 valence electrons. The first-order chi connectivity index (χ1) is 9.38. The highest BCUT2D eigenvalue weighted by Gasteiger charge is 2.29. The van der Waals surface area contributed by atoms with Crippen LogP contribution >= 0.6 is 0 Å². The second-order valence-corrected chi connectivity index (χ2v) is 6.51. The van der Waals surface area contributed by atoms with E-state index in [-0.39, 0.29) is 17.9 Å². The number of likely N-dealkylation sites (tertiary alicyclic amines) is 1. The summed E-state index contributed by atoms with van der Waals surface area (Å²) in [6.45, 7) is 10.2. The summed E-state index contributed by atoms with van der Waals surface area (Å²) in [5.74, 6) is 0.215. The topological polar surface area (TPSA) is 52.6 Å². The van der Waals surface area contributed by atoms with Gasteiger partial charge in [0, 0.05) is 6.54 Å². The average Bonchev–Trinajstić information content (AvgIpc) is 2.71. The number of carbonyl (C=O) groups is 1. The molecule has 20 heavy (non-hydrogen) atoms. The summed E-state index contributed by atoms with van der Waals surface area (Å²) in [7, 11) is 0. The Morgan fingerprint density at radius 1 is 1.25 bits per heavy atom. The van der Waals surface area contributed by atoms with Crippen LogP contribution in [0.4, 0.5) is 0 Å². The lowest BCUT2D eigenvalue weighted by molar-refractivity contribution is -0.127. The van der Waals surface area contributed by atoms with Crippen LogP contribution in [0.15, 0.2) is 0 Å². The Balaban J connectivity index is 2.45. The van der Waals surface area contributed by atoms with Gasteiger partial charge in [-0.1, -0.05) is 33.1 Å². The number of aliphatic hydroxyl groups is 1. The van der Waals surface area contributed by atoms with Crippen LogP contribution in [0.1, 0.15) is 59.8 Å². The SMILES string of the molecule is CCC(C)C(C)(O)CNC(=O)C(C)N1CCCCCC1. The van der Waals surface area contributed by atoms with E-state index in [1.807, 2.05) is 13.8 Å². The number of amides is 1.